The van der Waals surface area contributed by atoms with Gasteiger partial charge in [0.25, 0.3) is 5.91 Å². The van der Waals surface area contributed by atoms with E-state index in [9.17, 15) is 4.79 Å². The second-order valence-electron chi connectivity index (χ2n) is 6.70. The summed E-state index contributed by atoms with van der Waals surface area (Å²) in [6.45, 7) is 2.05. The lowest BCUT2D eigenvalue weighted by molar-refractivity contribution is -0.112. The number of hydrogen-bond acceptors (Lipinski definition) is 4. The molecule has 1 aromatic heterocycles. The van der Waals surface area contributed by atoms with Crippen molar-refractivity contribution in [3.63, 3.8) is 0 Å². The molecule has 7 heteroatoms. The lowest BCUT2D eigenvalue weighted by Gasteiger charge is -2.13. The number of methoxy groups -OCH3 is 1. The number of ether oxygens (including phenoxy) is 2. The first-order valence-corrected chi connectivity index (χ1v) is 9.39. The van der Waals surface area contributed by atoms with Crippen LogP contribution in [0.4, 0.5) is 5.69 Å². The first-order valence-electron chi connectivity index (χ1n) is 8.63. The predicted octanol–water partition coefficient (Wildman–Crippen LogP) is 4.79. The number of hydrogen-bond donors (Lipinski definition) is 1. The minimum atomic E-state index is -0.258. The summed E-state index contributed by atoms with van der Waals surface area (Å²) < 4.78 is 11.3. The van der Waals surface area contributed by atoms with Gasteiger partial charge in [0.15, 0.2) is 6.10 Å². The topological polar surface area (TPSA) is 60.5 Å². The fourth-order valence-electron chi connectivity index (χ4n) is 3.77. The number of carbonyl (C=O) groups is 1. The van der Waals surface area contributed by atoms with Gasteiger partial charge in [0.2, 0.25) is 5.88 Å². The largest absolute Gasteiger partial charge is 0.481 e. The van der Waals surface area contributed by atoms with Gasteiger partial charge in [-0.25, -0.2) is 4.98 Å². The molecule has 1 aliphatic carbocycles. The smallest absolute Gasteiger partial charge is 0.259 e. The molecular formula is C21H14Cl2N2O3. The molecule has 5 nitrogen and oxygen atoms in total. The number of nitrogens with zero attached hydrogens (tertiary/aromatic N) is 1. The number of amides is 1. The number of carbonyl (C=O) groups excluding carboxylic acids is 1. The van der Waals surface area contributed by atoms with Crippen LogP contribution in [0.3, 0.4) is 0 Å². The summed E-state index contributed by atoms with van der Waals surface area (Å²) in [5.41, 5.74) is 6.19. The van der Waals surface area contributed by atoms with Crippen LogP contribution in [0.5, 0.6) is 5.88 Å². The van der Waals surface area contributed by atoms with Gasteiger partial charge in [-0.1, -0.05) is 23.2 Å². The summed E-state index contributed by atoms with van der Waals surface area (Å²) >= 11 is 12.0. The normalized spacial score (nSPS) is 19.1. The number of pyridine rings is 1. The van der Waals surface area contributed by atoms with Crippen LogP contribution in [-0.2, 0) is 9.53 Å². The van der Waals surface area contributed by atoms with Crippen molar-refractivity contribution < 1.29 is 14.3 Å². The molecular weight excluding hydrogens is 399 g/mol. The fraction of sp³-hybridized carbons (Fsp3) is 0.143. The number of allylic oxidation sites excluding steroid dienone is 1. The van der Waals surface area contributed by atoms with E-state index in [0.29, 0.717) is 32.9 Å². The van der Waals surface area contributed by atoms with Crippen LogP contribution in [-0.4, -0.2) is 24.1 Å². The minimum Gasteiger partial charge on any atom is -0.481 e. The molecule has 1 atom stereocenters. The Morgan fingerprint density at radius 1 is 1.18 bits per heavy atom. The van der Waals surface area contributed by atoms with E-state index in [0.717, 1.165) is 16.7 Å². The highest BCUT2D eigenvalue weighted by molar-refractivity contribution is 6.42. The molecule has 2 bridgehead atoms. The number of nitrogens with one attached hydrogen (secondary N) is 1. The van der Waals surface area contributed by atoms with E-state index in [1.807, 2.05) is 19.1 Å². The summed E-state index contributed by atoms with van der Waals surface area (Å²) in [4.78, 5) is 17.3. The predicted molar refractivity (Wildman–Crippen MR) is 107 cm³/mol. The standard InChI is InChI=1S/C21H14Cl2N2O3/c1-9-15-16(9)20-18(21(26)25-11-3-4-12(22)13(23)8-11)17(19(15)28-20)10-5-6-24-14(7-10)27-2/h3-8,19H,1-2H3,(H,25,26)/t19-/m0/s1. The van der Waals surface area contributed by atoms with Gasteiger partial charge in [-0.15, -0.1) is 0 Å². The summed E-state index contributed by atoms with van der Waals surface area (Å²) in [7, 11) is 1.56. The van der Waals surface area contributed by atoms with Crippen LogP contribution in [0.25, 0.3) is 5.57 Å². The van der Waals surface area contributed by atoms with Crippen molar-refractivity contribution in [1.82, 2.24) is 4.98 Å². The number of aromatic nitrogens is 1. The third-order valence-corrected chi connectivity index (χ3v) is 5.87. The molecule has 2 aromatic rings. The zero-order chi connectivity index (χ0) is 19.6. The van der Waals surface area contributed by atoms with Gasteiger partial charge >= 0.3 is 0 Å². The van der Waals surface area contributed by atoms with E-state index in [2.05, 4.69) is 10.3 Å². The first kappa shape index (κ1) is 17.3. The molecule has 0 radical (unpaired) electrons. The molecule has 1 N–H and O–H groups in total. The van der Waals surface area contributed by atoms with Crippen molar-refractivity contribution in [2.45, 2.75) is 13.0 Å². The molecule has 0 saturated carbocycles. The van der Waals surface area contributed by atoms with E-state index in [-0.39, 0.29) is 12.0 Å². The molecule has 140 valence electrons. The van der Waals surface area contributed by atoms with Gasteiger partial charge in [-0.2, -0.15) is 0 Å². The maximum Gasteiger partial charge on any atom is 0.259 e. The average molecular weight is 413 g/mol. The number of halogens is 2. The molecule has 1 amide bonds. The zero-order valence-electron chi connectivity index (χ0n) is 15.0. The SMILES string of the molecule is COc1cc(C2=C(C(=O)Nc3ccc(Cl)c(Cl)c3)C3=C4C(C)=C4[C@@H]2O3)ccn1. The third kappa shape index (κ3) is 2.47. The number of rotatable bonds is 4. The molecule has 5 rings (SSSR count). The van der Waals surface area contributed by atoms with Gasteiger partial charge in [-0.05, 0) is 42.3 Å². The Kier molecular flexibility index (Phi) is 3.79. The van der Waals surface area contributed by atoms with Crippen LogP contribution in [0.15, 0.2) is 64.6 Å². The van der Waals surface area contributed by atoms with Crippen molar-refractivity contribution in [3.05, 3.63) is 80.2 Å². The van der Waals surface area contributed by atoms with Gasteiger partial charge in [0.1, 0.15) is 5.76 Å². The monoisotopic (exact) mass is 412 g/mol. The lowest BCUT2D eigenvalue weighted by Crippen LogP contribution is -2.17. The highest BCUT2D eigenvalue weighted by Crippen LogP contribution is 2.60. The van der Waals surface area contributed by atoms with Crippen LogP contribution >= 0.6 is 23.2 Å². The van der Waals surface area contributed by atoms with E-state index in [4.69, 9.17) is 32.7 Å². The quantitative estimate of drug-likeness (QED) is 0.784. The Hall–Kier alpha value is -2.76. The van der Waals surface area contributed by atoms with E-state index in [1.165, 1.54) is 11.1 Å². The minimum absolute atomic E-state index is 0.257. The molecule has 0 unspecified atom stereocenters. The molecule has 3 heterocycles. The Balaban J connectivity index is 1.58. The molecule has 0 spiro atoms. The molecule has 3 aliphatic rings. The van der Waals surface area contributed by atoms with Crippen LogP contribution in [0.1, 0.15) is 12.5 Å². The maximum absolute atomic E-state index is 13.2. The summed E-state index contributed by atoms with van der Waals surface area (Å²) in [6.07, 6.45) is 1.40. The second kappa shape index (κ2) is 6.12. The van der Waals surface area contributed by atoms with E-state index < -0.39 is 0 Å². The van der Waals surface area contributed by atoms with E-state index in [1.54, 1.807) is 31.5 Å². The van der Waals surface area contributed by atoms with E-state index >= 15 is 0 Å². The van der Waals surface area contributed by atoms with Crippen LogP contribution < -0.4 is 10.1 Å². The summed E-state index contributed by atoms with van der Waals surface area (Å²) in [5, 5.41) is 3.70. The van der Waals surface area contributed by atoms with Crippen molar-refractivity contribution >= 4 is 40.4 Å². The first-order chi connectivity index (χ1) is 13.5. The van der Waals surface area contributed by atoms with Gasteiger partial charge in [-0.3, -0.25) is 4.79 Å². The fourth-order valence-corrected chi connectivity index (χ4v) is 4.07. The molecule has 2 aliphatic heterocycles. The van der Waals surface area contributed by atoms with Gasteiger partial charge < -0.3 is 14.8 Å². The van der Waals surface area contributed by atoms with Gasteiger partial charge in [0.05, 0.1) is 22.7 Å². The van der Waals surface area contributed by atoms with Crippen molar-refractivity contribution in [3.8, 4) is 5.88 Å². The molecule has 0 fully saturated rings. The van der Waals surface area contributed by atoms with Gasteiger partial charge in [0, 0.05) is 34.7 Å². The van der Waals surface area contributed by atoms with Crippen molar-refractivity contribution in [1.29, 1.82) is 0 Å². The number of fused-ring (bicyclic) bond motifs is 4. The lowest BCUT2D eigenvalue weighted by atomic mass is 9.91. The molecule has 0 saturated heterocycles. The van der Waals surface area contributed by atoms with Crippen molar-refractivity contribution in [2.24, 2.45) is 0 Å². The summed E-state index contributed by atoms with van der Waals surface area (Å²) in [5.74, 6) is 0.862. The number of anilines is 1. The van der Waals surface area contributed by atoms with Crippen LogP contribution in [0, 0.1) is 0 Å². The Morgan fingerprint density at radius 2 is 2.00 bits per heavy atom. The molecule has 28 heavy (non-hydrogen) atoms. The average Bonchev–Trinajstić information content (AvgIpc) is 3.05. The zero-order valence-corrected chi connectivity index (χ0v) is 16.5. The molecule has 1 aromatic carbocycles. The Morgan fingerprint density at radius 3 is 2.75 bits per heavy atom. The third-order valence-electron chi connectivity index (χ3n) is 5.13. The highest BCUT2D eigenvalue weighted by Gasteiger charge is 2.54. The van der Waals surface area contributed by atoms with Crippen molar-refractivity contribution in [2.75, 3.05) is 12.4 Å². The highest BCUT2D eigenvalue weighted by atomic mass is 35.5. The Labute approximate surface area is 171 Å². The summed E-state index contributed by atoms with van der Waals surface area (Å²) in [6, 6.07) is 8.64. The second-order valence-corrected chi connectivity index (χ2v) is 7.51. The maximum atomic E-state index is 13.2. The Bertz CT molecular complexity index is 1160. The number of benzene rings is 1. The van der Waals surface area contributed by atoms with Crippen LogP contribution in [0.2, 0.25) is 10.0 Å².